The molecule has 18 heavy (non-hydrogen) atoms. The summed E-state index contributed by atoms with van der Waals surface area (Å²) in [5.41, 5.74) is 1.75. The van der Waals surface area contributed by atoms with E-state index in [2.05, 4.69) is 10.3 Å². The minimum atomic E-state index is -0.543. The molecule has 0 saturated heterocycles. The molecule has 4 heteroatoms. The van der Waals surface area contributed by atoms with E-state index in [-0.39, 0.29) is 0 Å². The number of aryl methyl sites for hydroxylation is 1. The van der Waals surface area contributed by atoms with E-state index in [9.17, 15) is 8.78 Å². The van der Waals surface area contributed by atoms with Gasteiger partial charge < -0.3 is 5.32 Å². The van der Waals surface area contributed by atoms with Crippen molar-refractivity contribution in [2.45, 2.75) is 13.3 Å². The lowest BCUT2D eigenvalue weighted by Gasteiger charge is -2.06. The maximum Gasteiger partial charge on any atom is 0.126 e. The van der Waals surface area contributed by atoms with Gasteiger partial charge in [0.15, 0.2) is 0 Å². The first-order chi connectivity index (χ1) is 8.63. The number of rotatable bonds is 4. The molecule has 1 heterocycles. The number of hydrogen-bond acceptors (Lipinski definition) is 2. The van der Waals surface area contributed by atoms with Gasteiger partial charge in [-0.2, -0.15) is 0 Å². The Kier molecular flexibility index (Phi) is 3.87. The van der Waals surface area contributed by atoms with Gasteiger partial charge in [-0.3, -0.25) is 0 Å². The number of pyridine rings is 1. The maximum absolute atomic E-state index is 13.0. The standard InChI is InChI=1S/C14H14F2N2/c1-10-2-4-17-14(6-10)18-5-3-11-7-12(15)9-13(16)8-11/h2,4,6-9H,3,5H2,1H3,(H,17,18). The van der Waals surface area contributed by atoms with E-state index in [0.717, 1.165) is 17.4 Å². The number of aromatic nitrogens is 1. The number of nitrogens with zero attached hydrogens (tertiary/aromatic N) is 1. The third-order valence-corrected chi connectivity index (χ3v) is 2.56. The van der Waals surface area contributed by atoms with Crippen molar-refractivity contribution in [3.63, 3.8) is 0 Å². The summed E-state index contributed by atoms with van der Waals surface area (Å²) in [5.74, 6) is -0.316. The van der Waals surface area contributed by atoms with Crippen LogP contribution in [0.4, 0.5) is 14.6 Å². The summed E-state index contributed by atoms with van der Waals surface area (Å²) in [4.78, 5) is 4.15. The lowest BCUT2D eigenvalue weighted by atomic mass is 10.1. The highest BCUT2D eigenvalue weighted by molar-refractivity contribution is 5.37. The highest BCUT2D eigenvalue weighted by Crippen LogP contribution is 2.09. The Bertz CT molecular complexity index is 521. The van der Waals surface area contributed by atoms with Gasteiger partial charge in [-0.05, 0) is 48.7 Å². The minimum absolute atomic E-state index is 0.543. The topological polar surface area (TPSA) is 24.9 Å². The number of benzene rings is 1. The fraction of sp³-hybridized carbons (Fsp3) is 0.214. The largest absolute Gasteiger partial charge is 0.370 e. The van der Waals surface area contributed by atoms with E-state index < -0.39 is 11.6 Å². The van der Waals surface area contributed by atoms with Crippen LogP contribution in [-0.2, 0) is 6.42 Å². The smallest absolute Gasteiger partial charge is 0.126 e. The maximum atomic E-state index is 13.0. The summed E-state index contributed by atoms with van der Waals surface area (Å²) in [5, 5.41) is 3.12. The fourth-order valence-electron chi connectivity index (χ4n) is 1.72. The van der Waals surface area contributed by atoms with Crippen LogP contribution in [0.1, 0.15) is 11.1 Å². The summed E-state index contributed by atoms with van der Waals surface area (Å²) in [6.07, 6.45) is 2.27. The Balaban J connectivity index is 1.92. The van der Waals surface area contributed by atoms with Gasteiger partial charge in [0.05, 0.1) is 0 Å². The van der Waals surface area contributed by atoms with Crippen LogP contribution in [0.2, 0.25) is 0 Å². The van der Waals surface area contributed by atoms with Crippen LogP contribution in [0.3, 0.4) is 0 Å². The van der Waals surface area contributed by atoms with Gasteiger partial charge in [-0.1, -0.05) is 0 Å². The van der Waals surface area contributed by atoms with Crippen molar-refractivity contribution in [2.24, 2.45) is 0 Å². The highest BCUT2D eigenvalue weighted by Gasteiger charge is 2.01. The molecular weight excluding hydrogens is 234 g/mol. The van der Waals surface area contributed by atoms with Gasteiger partial charge in [-0.15, -0.1) is 0 Å². The van der Waals surface area contributed by atoms with E-state index in [1.807, 2.05) is 19.1 Å². The second-order valence-corrected chi connectivity index (χ2v) is 4.17. The predicted molar refractivity (Wildman–Crippen MR) is 67.5 cm³/mol. The first kappa shape index (κ1) is 12.5. The first-order valence-corrected chi connectivity index (χ1v) is 5.75. The molecule has 1 aromatic carbocycles. The molecule has 94 valence electrons. The SMILES string of the molecule is Cc1ccnc(NCCc2cc(F)cc(F)c2)c1. The zero-order chi connectivity index (χ0) is 13.0. The Morgan fingerprint density at radius 2 is 1.83 bits per heavy atom. The highest BCUT2D eigenvalue weighted by atomic mass is 19.1. The molecular formula is C14H14F2N2. The molecule has 2 rings (SSSR count). The number of halogens is 2. The Morgan fingerprint density at radius 3 is 2.50 bits per heavy atom. The summed E-state index contributed by atoms with van der Waals surface area (Å²) in [7, 11) is 0. The third kappa shape index (κ3) is 3.52. The second kappa shape index (κ2) is 5.58. The summed E-state index contributed by atoms with van der Waals surface area (Å²) in [6.45, 7) is 2.56. The molecule has 0 bridgehead atoms. The van der Waals surface area contributed by atoms with E-state index >= 15 is 0 Å². The third-order valence-electron chi connectivity index (χ3n) is 2.56. The minimum Gasteiger partial charge on any atom is -0.370 e. The number of hydrogen-bond donors (Lipinski definition) is 1. The summed E-state index contributed by atoms with van der Waals surface area (Å²) >= 11 is 0. The van der Waals surface area contributed by atoms with Crippen LogP contribution in [-0.4, -0.2) is 11.5 Å². The lowest BCUT2D eigenvalue weighted by Crippen LogP contribution is -2.06. The van der Waals surface area contributed by atoms with Crippen molar-refractivity contribution in [3.05, 3.63) is 59.3 Å². The van der Waals surface area contributed by atoms with Gasteiger partial charge in [0, 0.05) is 18.8 Å². The van der Waals surface area contributed by atoms with Gasteiger partial charge in [0.1, 0.15) is 17.5 Å². The molecule has 2 aromatic rings. The molecule has 0 aliphatic rings. The molecule has 0 aliphatic heterocycles. The molecule has 0 atom stereocenters. The van der Waals surface area contributed by atoms with Crippen molar-refractivity contribution in [1.29, 1.82) is 0 Å². The van der Waals surface area contributed by atoms with Gasteiger partial charge in [-0.25, -0.2) is 13.8 Å². The van der Waals surface area contributed by atoms with Crippen molar-refractivity contribution in [3.8, 4) is 0 Å². The number of anilines is 1. The fourth-order valence-corrected chi connectivity index (χ4v) is 1.72. The van der Waals surface area contributed by atoms with E-state index in [0.29, 0.717) is 18.5 Å². The molecule has 1 aromatic heterocycles. The first-order valence-electron chi connectivity index (χ1n) is 5.75. The second-order valence-electron chi connectivity index (χ2n) is 4.17. The Morgan fingerprint density at radius 1 is 1.11 bits per heavy atom. The average molecular weight is 248 g/mol. The molecule has 0 aliphatic carbocycles. The predicted octanol–water partition coefficient (Wildman–Crippen LogP) is 3.32. The molecule has 0 saturated carbocycles. The average Bonchev–Trinajstić information content (AvgIpc) is 2.27. The monoisotopic (exact) mass is 248 g/mol. The van der Waals surface area contributed by atoms with Gasteiger partial charge in [0.25, 0.3) is 0 Å². The van der Waals surface area contributed by atoms with Crippen LogP contribution in [0, 0.1) is 18.6 Å². The normalized spacial score (nSPS) is 10.4. The molecule has 0 radical (unpaired) electrons. The van der Waals surface area contributed by atoms with E-state index in [4.69, 9.17) is 0 Å². The zero-order valence-electron chi connectivity index (χ0n) is 10.1. The van der Waals surface area contributed by atoms with E-state index in [1.54, 1.807) is 6.20 Å². The Labute approximate surface area is 105 Å². The van der Waals surface area contributed by atoms with Crippen molar-refractivity contribution < 1.29 is 8.78 Å². The van der Waals surface area contributed by atoms with Crippen LogP contribution in [0.25, 0.3) is 0 Å². The zero-order valence-corrected chi connectivity index (χ0v) is 10.1. The molecule has 0 spiro atoms. The van der Waals surface area contributed by atoms with Crippen molar-refractivity contribution in [1.82, 2.24) is 4.98 Å². The van der Waals surface area contributed by atoms with Gasteiger partial charge in [0.2, 0.25) is 0 Å². The molecule has 2 nitrogen and oxygen atoms in total. The van der Waals surface area contributed by atoms with E-state index in [1.165, 1.54) is 12.1 Å². The quantitative estimate of drug-likeness (QED) is 0.897. The van der Waals surface area contributed by atoms with Crippen LogP contribution in [0.15, 0.2) is 36.5 Å². The van der Waals surface area contributed by atoms with Crippen LogP contribution < -0.4 is 5.32 Å². The molecule has 0 fully saturated rings. The molecule has 1 N–H and O–H groups in total. The van der Waals surface area contributed by atoms with Gasteiger partial charge >= 0.3 is 0 Å². The van der Waals surface area contributed by atoms with Crippen molar-refractivity contribution >= 4 is 5.82 Å². The summed E-state index contributed by atoms with van der Waals surface area (Å²) in [6, 6.07) is 7.39. The van der Waals surface area contributed by atoms with Crippen LogP contribution >= 0.6 is 0 Å². The molecule has 0 amide bonds. The number of nitrogens with one attached hydrogen (secondary N) is 1. The lowest BCUT2D eigenvalue weighted by molar-refractivity contribution is 0.580. The Hall–Kier alpha value is -1.97. The van der Waals surface area contributed by atoms with Crippen molar-refractivity contribution in [2.75, 3.05) is 11.9 Å². The van der Waals surface area contributed by atoms with Crippen LogP contribution in [0.5, 0.6) is 0 Å². The summed E-state index contributed by atoms with van der Waals surface area (Å²) < 4.78 is 25.9. The molecule has 0 unspecified atom stereocenters.